The Morgan fingerprint density at radius 3 is 2.23 bits per heavy atom. The average Bonchev–Trinajstić information content (AvgIpc) is 2.68. The van der Waals surface area contributed by atoms with Crippen LogP contribution in [0.1, 0.15) is 11.1 Å². The normalized spacial score (nSPS) is 15.2. The second kappa shape index (κ2) is 9.27. The lowest BCUT2D eigenvalue weighted by Crippen LogP contribution is -2.52. The Bertz CT molecular complexity index is 753. The molecule has 0 saturated carbocycles. The number of hydrogen-bond donors (Lipinski definition) is 1. The van der Waals surface area contributed by atoms with Crippen LogP contribution < -0.4 is 5.32 Å². The van der Waals surface area contributed by atoms with Crippen LogP contribution in [0.15, 0.2) is 66.7 Å². The molecular formula is C21H23N3OS. The summed E-state index contributed by atoms with van der Waals surface area (Å²) in [5.41, 5.74) is 2.31. The van der Waals surface area contributed by atoms with E-state index in [0.717, 1.165) is 38.3 Å². The fraction of sp³-hybridized carbons (Fsp3) is 0.238. The Morgan fingerprint density at radius 1 is 0.962 bits per heavy atom. The summed E-state index contributed by atoms with van der Waals surface area (Å²) in [5.74, 6) is -0.189. The monoisotopic (exact) mass is 365 g/mol. The second-order valence-electron chi connectivity index (χ2n) is 6.29. The number of nitrogens with zero attached hydrogens (tertiary/aromatic N) is 2. The van der Waals surface area contributed by atoms with E-state index in [1.165, 1.54) is 11.6 Å². The lowest BCUT2D eigenvalue weighted by molar-refractivity contribution is -0.115. The van der Waals surface area contributed by atoms with E-state index in [9.17, 15) is 4.79 Å². The van der Waals surface area contributed by atoms with E-state index in [1.807, 2.05) is 36.4 Å². The van der Waals surface area contributed by atoms with Gasteiger partial charge in [-0.05, 0) is 29.4 Å². The van der Waals surface area contributed by atoms with Gasteiger partial charge in [-0.3, -0.25) is 15.0 Å². The highest BCUT2D eigenvalue weighted by molar-refractivity contribution is 7.80. The van der Waals surface area contributed by atoms with Crippen molar-refractivity contribution >= 4 is 29.3 Å². The van der Waals surface area contributed by atoms with E-state index >= 15 is 0 Å². The fourth-order valence-electron chi connectivity index (χ4n) is 2.91. The molecule has 26 heavy (non-hydrogen) atoms. The quantitative estimate of drug-likeness (QED) is 0.668. The van der Waals surface area contributed by atoms with Gasteiger partial charge in [-0.15, -0.1) is 0 Å². The van der Waals surface area contributed by atoms with Crippen molar-refractivity contribution in [3.63, 3.8) is 0 Å². The lowest BCUT2D eigenvalue weighted by Gasteiger charge is -2.35. The van der Waals surface area contributed by atoms with E-state index in [1.54, 1.807) is 6.08 Å². The zero-order valence-electron chi connectivity index (χ0n) is 14.7. The third-order valence-corrected chi connectivity index (χ3v) is 4.73. The van der Waals surface area contributed by atoms with Gasteiger partial charge in [-0.2, -0.15) is 0 Å². The third kappa shape index (κ3) is 5.51. The van der Waals surface area contributed by atoms with Gasteiger partial charge in [0.15, 0.2) is 5.11 Å². The minimum atomic E-state index is -0.189. The molecule has 0 bridgehead atoms. The van der Waals surface area contributed by atoms with Crippen molar-refractivity contribution < 1.29 is 4.79 Å². The second-order valence-corrected chi connectivity index (χ2v) is 6.67. The molecule has 5 heteroatoms. The summed E-state index contributed by atoms with van der Waals surface area (Å²) < 4.78 is 0. The summed E-state index contributed by atoms with van der Waals surface area (Å²) in [6.45, 7) is 4.48. The Labute approximate surface area is 160 Å². The summed E-state index contributed by atoms with van der Waals surface area (Å²) in [7, 11) is 0. The van der Waals surface area contributed by atoms with Gasteiger partial charge >= 0.3 is 0 Å². The minimum absolute atomic E-state index is 0.189. The first kappa shape index (κ1) is 18.3. The molecule has 1 aliphatic rings. The Balaban J connectivity index is 1.43. The first-order valence-electron chi connectivity index (χ1n) is 8.80. The fourth-order valence-corrected chi connectivity index (χ4v) is 3.20. The van der Waals surface area contributed by atoms with E-state index in [0.29, 0.717) is 5.11 Å². The molecule has 0 unspecified atom stereocenters. The molecule has 0 radical (unpaired) electrons. The lowest BCUT2D eigenvalue weighted by atomic mass is 10.2. The highest BCUT2D eigenvalue weighted by Crippen LogP contribution is 2.08. The molecule has 1 heterocycles. The van der Waals surface area contributed by atoms with Crippen molar-refractivity contribution in [3.05, 3.63) is 77.9 Å². The summed E-state index contributed by atoms with van der Waals surface area (Å²) in [4.78, 5) is 16.5. The predicted molar refractivity (Wildman–Crippen MR) is 110 cm³/mol. The van der Waals surface area contributed by atoms with Crippen LogP contribution in [0.5, 0.6) is 0 Å². The smallest absolute Gasteiger partial charge is 0.250 e. The molecule has 4 nitrogen and oxygen atoms in total. The maximum absolute atomic E-state index is 12.1. The molecule has 2 aromatic carbocycles. The number of thiocarbonyl (C=S) groups is 1. The Morgan fingerprint density at radius 2 is 1.58 bits per heavy atom. The molecule has 1 amide bonds. The van der Waals surface area contributed by atoms with Gasteiger partial charge in [0.2, 0.25) is 5.91 Å². The number of carbonyl (C=O) groups excluding carboxylic acids is 1. The van der Waals surface area contributed by atoms with E-state index in [-0.39, 0.29) is 5.91 Å². The highest BCUT2D eigenvalue weighted by atomic mass is 32.1. The van der Waals surface area contributed by atoms with Crippen LogP contribution in [0.3, 0.4) is 0 Å². The number of nitrogens with one attached hydrogen (secondary N) is 1. The van der Waals surface area contributed by atoms with Gasteiger partial charge < -0.3 is 4.90 Å². The van der Waals surface area contributed by atoms with E-state index in [2.05, 4.69) is 39.4 Å². The Hall–Kier alpha value is -2.50. The molecule has 0 aromatic heterocycles. The van der Waals surface area contributed by atoms with Gasteiger partial charge in [0.25, 0.3) is 0 Å². The molecule has 1 saturated heterocycles. The molecular weight excluding hydrogens is 342 g/mol. The Kier molecular flexibility index (Phi) is 6.52. The van der Waals surface area contributed by atoms with Crippen molar-refractivity contribution in [3.8, 4) is 0 Å². The summed E-state index contributed by atoms with van der Waals surface area (Å²) in [6.07, 6.45) is 3.31. The molecule has 1 aliphatic heterocycles. The third-order valence-electron chi connectivity index (χ3n) is 4.37. The molecule has 0 aliphatic carbocycles. The number of amides is 1. The van der Waals surface area contributed by atoms with Crippen LogP contribution in [-0.4, -0.2) is 47.0 Å². The predicted octanol–water partition coefficient (Wildman–Crippen LogP) is 2.92. The summed E-state index contributed by atoms with van der Waals surface area (Å²) in [6, 6.07) is 20.2. The van der Waals surface area contributed by atoms with Gasteiger partial charge in [0.1, 0.15) is 0 Å². The van der Waals surface area contributed by atoms with Crippen molar-refractivity contribution in [2.24, 2.45) is 0 Å². The van der Waals surface area contributed by atoms with Crippen LogP contribution in [0.25, 0.3) is 6.08 Å². The van der Waals surface area contributed by atoms with Crippen LogP contribution >= 0.6 is 12.2 Å². The first-order chi connectivity index (χ1) is 12.7. The first-order valence-corrected chi connectivity index (χ1v) is 9.21. The zero-order chi connectivity index (χ0) is 18.2. The highest BCUT2D eigenvalue weighted by Gasteiger charge is 2.19. The minimum Gasteiger partial charge on any atom is -0.346 e. The number of carbonyl (C=O) groups is 1. The number of hydrogen-bond acceptors (Lipinski definition) is 3. The summed E-state index contributed by atoms with van der Waals surface area (Å²) in [5, 5.41) is 3.30. The van der Waals surface area contributed by atoms with Crippen LogP contribution in [-0.2, 0) is 11.3 Å². The van der Waals surface area contributed by atoms with Crippen LogP contribution in [0.4, 0.5) is 0 Å². The van der Waals surface area contributed by atoms with Crippen molar-refractivity contribution in [2.45, 2.75) is 6.54 Å². The van der Waals surface area contributed by atoms with Gasteiger partial charge in [-0.1, -0.05) is 60.7 Å². The summed E-state index contributed by atoms with van der Waals surface area (Å²) >= 11 is 5.39. The van der Waals surface area contributed by atoms with Gasteiger partial charge in [-0.25, -0.2) is 0 Å². The zero-order valence-corrected chi connectivity index (χ0v) is 15.5. The molecule has 0 atom stereocenters. The standard InChI is InChI=1S/C21H23N3OS/c25-20(12-11-18-7-3-1-4-8-18)22-21(26)24-15-13-23(14-16-24)17-19-9-5-2-6-10-19/h1-12H,13-17H2,(H,22,25,26)/b12-11+. The maximum Gasteiger partial charge on any atom is 0.250 e. The van der Waals surface area contributed by atoms with E-state index < -0.39 is 0 Å². The van der Waals surface area contributed by atoms with Crippen LogP contribution in [0.2, 0.25) is 0 Å². The average molecular weight is 366 g/mol. The topological polar surface area (TPSA) is 35.6 Å². The SMILES string of the molecule is O=C(/C=C/c1ccccc1)NC(=S)N1CCN(Cc2ccccc2)CC1. The number of rotatable bonds is 4. The molecule has 3 rings (SSSR count). The van der Waals surface area contributed by atoms with Crippen molar-refractivity contribution in [1.82, 2.24) is 15.1 Å². The molecule has 2 aromatic rings. The largest absolute Gasteiger partial charge is 0.346 e. The molecule has 134 valence electrons. The van der Waals surface area contributed by atoms with Gasteiger partial charge in [0.05, 0.1) is 0 Å². The molecule has 0 spiro atoms. The van der Waals surface area contributed by atoms with Crippen molar-refractivity contribution in [1.29, 1.82) is 0 Å². The maximum atomic E-state index is 12.1. The van der Waals surface area contributed by atoms with Gasteiger partial charge in [0, 0.05) is 38.8 Å². The van der Waals surface area contributed by atoms with E-state index in [4.69, 9.17) is 12.2 Å². The molecule has 1 N–H and O–H groups in total. The van der Waals surface area contributed by atoms with Crippen LogP contribution in [0, 0.1) is 0 Å². The van der Waals surface area contributed by atoms with Crippen molar-refractivity contribution in [2.75, 3.05) is 26.2 Å². The number of piperazine rings is 1. The number of benzene rings is 2. The molecule has 1 fully saturated rings.